The number of benzene rings is 4. The molecule has 6 aromatic rings. The van der Waals surface area contributed by atoms with E-state index in [-0.39, 0.29) is 0 Å². The van der Waals surface area contributed by atoms with Gasteiger partial charge in [0.1, 0.15) is 11.2 Å². The van der Waals surface area contributed by atoms with E-state index in [4.69, 9.17) is 4.42 Å². The Morgan fingerprint density at radius 3 is 2.42 bits per heavy atom. The number of rotatable bonds is 1. The number of fused-ring (bicyclic) bond motifs is 10. The van der Waals surface area contributed by atoms with Gasteiger partial charge in [-0.05, 0) is 66.1 Å². The predicted octanol–water partition coefficient (Wildman–Crippen LogP) is 8.35. The summed E-state index contributed by atoms with van der Waals surface area (Å²) in [5.41, 5.74) is 12.1. The SMILES string of the molecule is Cc1c2cccc1-c1ccc3oc4ccccc4c3c1Nc1ccc(-c3ccccn3)cc1-2. The van der Waals surface area contributed by atoms with Gasteiger partial charge in [-0.15, -0.1) is 0 Å². The van der Waals surface area contributed by atoms with Gasteiger partial charge >= 0.3 is 0 Å². The third-order valence-corrected chi connectivity index (χ3v) is 6.70. The van der Waals surface area contributed by atoms with Crippen molar-refractivity contribution in [2.24, 2.45) is 0 Å². The van der Waals surface area contributed by atoms with Crippen molar-refractivity contribution < 1.29 is 4.42 Å². The summed E-state index contributed by atoms with van der Waals surface area (Å²) in [6.07, 6.45) is 1.84. The molecule has 0 aliphatic carbocycles. The number of pyridine rings is 1. The number of para-hydroxylation sites is 1. The number of hydrogen-bond acceptors (Lipinski definition) is 3. The second kappa shape index (κ2) is 6.81. The summed E-state index contributed by atoms with van der Waals surface area (Å²) in [6, 6.07) is 31.7. The molecule has 0 unspecified atom stereocenters. The fourth-order valence-corrected chi connectivity index (χ4v) is 5.09. The predicted molar refractivity (Wildman–Crippen MR) is 136 cm³/mol. The van der Waals surface area contributed by atoms with Crippen LogP contribution in [0.5, 0.6) is 0 Å². The molecule has 0 spiro atoms. The molecular formula is C30H20N2O. The molecule has 1 N–H and O–H groups in total. The summed E-state index contributed by atoms with van der Waals surface area (Å²) >= 11 is 0. The van der Waals surface area contributed by atoms with Crippen molar-refractivity contribution in [3.8, 4) is 33.5 Å². The molecule has 156 valence electrons. The van der Waals surface area contributed by atoms with Crippen LogP contribution in [0.2, 0.25) is 0 Å². The second-order valence-corrected chi connectivity index (χ2v) is 8.54. The molecule has 3 nitrogen and oxygen atoms in total. The van der Waals surface area contributed by atoms with Gasteiger partial charge in [0.25, 0.3) is 0 Å². The normalized spacial score (nSPS) is 12.0. The summed E-state index contributed by atoms with van der Waals surface area (Å²) < 4.78 is 6.19. The van der Waals surface area contributed by atoms with Crippen molar-refractivity contribution in [2.75, 3.05) is 5.32 Å². The van der Waals surface area contributed by atoms with Crippen LogP contribution in [-0.2, 0) is 0 Å². The minimum atomic E-state index is 0.892. The molecule has 33 heavy (non-hydrogen) atoms. The van der Waals surface area contributed by atoms with E-state index in [1.807, 2.05) is 30.5 Å². The average molecular weight is 425 g/mol. The van der Waals surface area contributed by atoms with Crippen molar-refractivity contribution in [2.45, 2.75) is 6.92 Å². The molecule has 3 heterocycles. The average Bonchev–Trinajstić information content (AvgIpc) is 3.24. The molecule has 2 aromatic heterocycles. The molecule has 0 amide bonds. The van der Waals surface area contributed by atoms with Crippen molar-refractivity contribution in [1.82, 2.24) is 4.98 Å². The van der Waals surface area contributed by atoms with Crippen LogP contribution in [0.15, 0.2) is 102 Å². The smallest absolute Gasteiger partial charge is 0.137 e. The van der Waals surface area contributed by atoms with Gasteiger partial charge in [0.05, 0.1) is 16.8 Å². The van der Waals surface area contributed by atoms with Gasteiger partial charge in [0.15, 0.2) is 0 Å². The number of nitrogens with one attached hydrogen (secondary N) is 1. The van der Waals surface area contributed by atoms with Crippen molar-refractivity contribution in [1.29, 1.82) is 0 Å². The first kappa shape index (κ1) is 18.2. The quantitative estimate of drug-likeness (QED) is 0.288. The number of nitrogens with zero attached hydrogens (tertiary/aromatic N) is 1. The van der Waals surface area contributed by atoms with E-state index in [0.717, 1.165) is 44.6 Å². The van der Waals surface area contributed by atoms with E-state index in [9.17, 15) is 0 Å². The minimum absolute atomic E-state index is 0.892. The largest absolute Gasteiger partial charge is 0.456 e. The highest BCUT2D eigenvalue weighted by atomic mass is 16.3. The topological polar surface area (TPSA) is 38.1 Å². The Labute approximate surface area is 191 Å². The maximum absolute atomic E-state index is 6.19. The second-order valence-electron chi connectivity index (χ2n) is 8.54. The van der Waals surface area contributed by atoms with E-state index >= 15 is 0 Å². The summed E-state index contributed by atoms with van der Waals surface area (Å²) in [5.74, 6) is 0. The molecule has 0 saturated carbocycles. The zero-order valence-corrected chi connectivity index (χ0v) is 18.1. The maximum atomic E-state index is 6.19. The van der Waals surface area contributed by atoms with E-state index in [0.29, 0.717) is 0 Å². The Morgan fingerprint density at radius 1 is 0.697 bits per heavy atom. The van der Waals surface area contributed by atoms with E-state index in [1.165, 1.54) is 27.8 Å². The third kappa shape index (κ3) is 2.66. The Morgan fingerprint density at radius 2 is 1.55 bits per heavy atom. The van der Waals surface area contributed by atoms with Gasteiger partial charge < -0.3 is 9.73 Å². The standard InChI is InChI=1S/C30H20N2O/c1-18-20-8-6-9-21(18)24-17-19(25-10-4-5-16-31-25)12-14-26(24)32-30-22(20)13-15-28-29(30)23-7-2-3-11-27(23)33-28/h2-17,32H,1H3. The van der Waals surface area contributed by atoms with Gasteiger partial charge in [-0.2, -0.15) is 0 Å². The molecule has 0 radical (unpaired) electrons. The van der Waals surface area contributed by atoms with E-state index < -0.39 is 0 Å². The van der Waals surface area contributed by atoms with Gasteiger partial charge in [0.2, 0.25) is 0 Å². The highest BCUT2D eigenvalue weighted by Crippen LogP contribution is 2.47. The fourth-order valence-electron chi connectivity index (χ4n) is 5.09. The molecule has 1 aliphatic rings. The van der Waals surface area contributed by atoms with Crippen LogP contribution < -0.4 is 5.32 Å². The van der Waals surface area contributed by atoms with Crippen molar-refractivity contribution in [3.63, 3.8) is 0 Å². The molecule has 0 saturated heterocycles. The van der Waals surface area contributed by atoms with Crippen LogP contribution in [0, 0.1) is 6.92 Å². The first-order chi connectivity index (χ1) is 16.3. The molecular weight excluding hydrogens is 404 g/mol. The Hall–Kier alpha value is -4.37. The Kier molecular flexibility index (Phi) is 3.76. The van der Waals surface area contributed by atoms with Crippen LogP contribution in [0.3, 0.4) is 0 Å². The maximum Gasteiger partial charge on any atom is 0.137 e. The lowest BCUT2D eigenvalue weighted by Crippen LogP contribution is -2.02. The Bertz CT molecular complexity index is 1700. The number of hydrogen-bond donors (Lipinski definition) is 1. The number of aromatic nitrogens is 1. The molecule has 0 atom stereocenters. The Balaban J connectivity index is 1.56. The number of furan rings is 1. The van der Waals surface area contributed by atoms with Crippen LogP contribution >= 0.6 is 0 Å². The summed E-state index contributed by atoms with van der Waals surface area (Å²) in [4.78, 5) is 4.56. The molecule has 3 heteroatoms. The van der Waals surface area contributed by atoms with Crippen LogP contribution in [0.4, 0.5) is 11.4 Å². The zero-order chi connectivity index (χ0) is 21.9. The van der Waals surface area contributed by atoms with E-state index in [2.05, 4.69) is 84.0 Å². The summed E-state index contributed by atoms with van der Waals surface area (Å²) in [5, 5.41) is 6.05. The van der Waals surface area contributed by atoms with Gasteiger partial charge in [-0.1, -0.05) is 48.5 Å². The first-order valence-electron chi connectivity index (χ1n) is 11.1. The minimum Gasteiger partial charge on any atom is -0.456 e. The lowest BCUT2D eigenvalue weighted by Gasteiger charge is -2.23. The third-order valence-electron chi connectivity index (χ3n) is 6.70. The highest BCUT2D eigenvalue weighted by molar-refractivity contribution is 6.16. The molecule has 2 bridgehead atoms. The van der Waals surface area contributed by atoms with Crippen LogP contribution in [-0.4, -0.2) is 4.98 Å². The first-order valence-corrected chi connectivity index (χ1v) is 11.1. The van der Waals surface area contributed by atoms with Gasteiger partial charge in [-0.25, -0.2) is 0 Å². The monoisotopic (exact) mass is 424 g/mol. The lowest BCUT2D eigenvalue weighted by atomic mass is 9.87. The van der Waals surface area contributed by atoms with Crippen molar-refractivity contribution in [3.05, 3.63) is 103 Å². The fraction of sp³-hybridized carbons (Fsp3) is 0.0333. The van der Waals surface area contributed by atoms with Crippen LogP contribution in [0.1, 0.15) is 5.56 Å². The molecule has 4 aromatic carbocycles. The zero-order valence-electron chi connectivity index (χ0n) is 18.1. The lowest BCUT2D eigenvalue weighted by molar-refractivity contribution is 0.669. The molecule has 0 fully saturated rings. The highest BCUT2D eigenvalue weighted by Gasteiger charge is 2.22. The van der Waals surface area contributed by atoms with Crippen molar-refractivity contribution >= 4 is 33.3 Å². The van der Waals surface area contributed by atoms with E-state index in [1.54, 1.807) is 0 Å². The summed E-state index contributed by atoms with van der Waals surface area (Å²) in [6.45, 7) is 2.22. The molecule has 1 aliphatic heterocycles. The molecule has 7 rings (SSSR count). The number of anilines is 2. The summed E-state index contributed by atoms with van der Waals surface area (Å²) in [7, 11) is 0. The van der Waals surface area contributed by atoms with Gasteiger partial charge in [0, 0.05) is 34.0 Å². The van der Waals surface area contributed by atoms with Gasteiger partial charge in [-0.3, -0.25) is 4.98 Å². The van der Waals surface area contributed by atoms with Crippen LogP contribution in [0.25, 0.3) is 55.4 Å².